The highest BCUT2D eigenvalue weighted by Gasteiger charge is 2.22. The molecule has 0 aliphatic carbocycles. The molecule has 1 unspecified atom stereocenters. The molecule has 2 aromatic rings. The van der Waals surface area contributed by atoms with Gasteiger partial charge in [0.15, 0.2) is 0 Å². The predicted molar refractivity (Wildman–Crippen MR) is 78.5 cm³/mol. The highest BCUT2D eigenvalue weighted by molar-refractivity contribution is 7.20. The number of primary amides is 1. The minimum absolute atomic E-state index is 0.233. The number of amides is 1. The van der Waals surface area contributed by atoms with E-state index in [1.54, 1.807) is 20.8 Å². The van der Waals surface area contributed by atoms with Crippen molar-refractivity contribution in [2.45, 2.75) is 26.8 Å². The molecule has 0 aliphatic rings. The van der Waals surface area contributed by atoms with Crippen LogP contribution in [-0.4, -0.2) is 28.0 Å². The van der Waals surface area contributed by atoms with Gasteiger partial charge in [-0.25, -0.2) is 9.78 Å². The van der Waals surface area contributed by atoms with Crippen LogP contribution in [0.3, 0.4) is 0 Å². The van der Waals surface area contributed by atoms with Crippen LogP contribution in [0.1, 0.15) is 35.1 Å². The van der Waals surface area contributed by atoms with Gasteiger partial charge >= 0.3 is 5.97 Å². The van der Waals surface area contributed by atoms with E-state index in [0.29, 0.717) is 20.7 Å². The summed E-state index contributed by atoms with van der Waals surface area (Å²) in [5.41, 5.74) is 5.38. The SMILES string of the molecule is CCOC(=O)C(C)n1cnc2sc(C(N)=O)c(C)c2c1=O. The van der Waals surface area contributed by atoms with Gasteiger partial charge in [-0.15, -0.1) is 11.3 Å². The fourth-order valence-electron chi connectivity index (χ4n) is 2.02. The zero-order valence-electron chi connectivity index (χ0n) is 11.9. The molecule has 0 aromatic carbocycles. The normalized spacial score (nSPS) is 12.3. The van der Waals surface area contributed by atoms with E-state index in [4.69, 9.17) is 10.5 Å². The average Bonchev–Trinajstić information content (AvgIpc) is 2.77. The first-order chi connectivity index (χ1) is 9.88. The standard InChI is InChI=1S/C13H15N3O4S/c1-4-20-13(19)7(3)16-5-15-11-8(12(16)18)6(2)9(21-11)10(14)17/h5,7H,4H2,1-3H3,(H2,14,17). The summed E-state index contributed by atoms with van der Waals surface area (Å²) in [4.78, 5) is 40.5. The van der Waals surface area contributed by atoms with Gasteiger partial charge in [0, 0.05) is 0 Å². The number of carbonyl (C=O) groups excluding carboxylic acids is 2. The summed E-state index contributed by atoms with van der Waals surface area (Å²) in [5, 5.41) is 0.312. The lowest BCUT2D eigenvalue weighted by molar-refractivity contribution is -0.146. The third-order valence-corrected chi connectivity index (χ3v) is 4.36. The Labute approximate surface area is 124 Å². The summed E-state index contributed by atoms with van der Waals surface area (Å²) < 4.78 is 6.10. The summed E-state index contributed by atoms with van der Waals surface area (Å²) in [6.45, 7) is 5.12. The van der Waals surface area contributed by atoms with Crippen molar-refractivity contribution in [2.24, 2.45) is 5.73 Å². The van der Waals surface area contributed by atoms with Gasteiger partial charge in [-0.05, 0) is 26.3 Å². The van der Waals surface area contributed by atoms with Crippen molar-refractivity contribution in [1.29, 1.82) is 0 Å². The van der Waals surface area contributed by atoms with Gasteiger partial charge < -0.3 is 10.5 Å². The van der Waals surface area contributed by atoms with E-state index < -0.39 is 17.9 Å². The number of nitrogens with zero attached hydrogens (tertiary/aromatic N) is 2. The van der Waals surface area contributed by atoms with Crippen LogP contribution < -0.4 is 11.3 Å². The maximum Gasteiger partial charge on any atom is 0.328 e. The first kappa shape index (κ1) is 15.2. The Morgan fingerprint density at radius 3 is 2.76 bits per heavy atom. The van der Waals surface area contributed by atoms with Crippen molar-refractivity contribution in [3.8, 4) is 0 Å². The lowest BCUT2D eigenvalue weighted by atomic mass is 10.2. The number of thiophene rings is 1. The third kappa shape index (κ3) is 2.54. The van der Waals surface area contributed by atoms with E-state index in [-0.39, 0.29) is 12.2 Å². The lowest BCUT2D eigenvalue weighted by Gasteiger charge is -2.13. The molecule has 0 saturated carbocycles. The second kappa shape index (κ2) is 5.65. The molecule has 0 radical (unpaired) electrons. The Morgan fingerprint density at radius 2 is 2.19 bits per heavy atom. The number of hydrogen-bond donors (Lipinski definition) is 1. The molecule has 2 heterocycles. The first-order valence-electron chi connectivity index (χ1n) is 6.35. The van der Waals surface area contributed by atoms with Crippen molar-refractivity contribution in [1.82, 2.24) is 9.55 Å². The summed E-state index contributed by atoms with van der Waals surface area (Å²) in [6, 6.07) is -0.786. The minimum Gasteiger partial charge on any atom is -0.464 e. The fourth-order valence-corrected chi connectivity index (χ4v) is 3.02. The maximum atomic E-state index is 12.5. The van der Waals surface area contributed by atoms with Crippen LogP contribution in [0.5, 0.6) is 0 Å². The van der Waals surface area contributed by atoms with E-state index in [0.717, 1.165) is 11.3 Å². The van der Waals surface area contributed by atoms with Crippen molar-refractivity contribution < 1.29 is 14.3 Å². The Hall–Kier alpha value is -2.22. The highest BCUT2D eigenvalue weighted by atomic mass is 32.1. The number of carbonyl (C=O) groups is 2. The molecule has 1 atom stereocenters. The van der Waals surface area contributed by atoms with Crippen molar-refractivity contribution in [3.63, 3.8) is 0 Å². The molecule has 1 amide bonds. The molecule has 2 N–H and O–H groups in total. The quantitative estimate of drug-likeness (QED) is 0.848. The van der Waals surface area contributed by atoms with Gasteiger partial charge in [0.25, 0.3) is 11.5 Å². The molecule has 8 heteroatoms. The number of aromatic nitrogens is 2. The van der Waals surface area contributed by atoms with Crippen LogP contribution in [0.4, 0.5) is 0 Å². The minimum atomic E-state index is -0.786. The van der Waals surface area contributed by atoms with E-state index in [9.17, 15) is 14.4 Å². The first-order valence-corrected chi connectivity index (χ1v) is 7.16. The van der Waals surface area contributed by atoms with Crippen molar-refractivity contribution >= 4 is 33.4 Å². The number of esters is 1. The van der Waals surface area contributed by atoms with E-state index in [2.05, 4.69) is 4.98 Å². The van der Waals surface area contributed by atoms with Gasteiger partial charge in [0.05, 0.1) is 23.2 Å². The molecule has 112 valence electrons. The Bertz CT molecular complexity index is 778. The van der Waals surface area contributed by atoms with E-state index in [1.807, 2.05) is 0 Å². The molecule has 0 fully saturated rings. The van der Waals surface area contributed by atoms with Crippen molar-refractivity contribution in [2.75, 3.05) is 6.61 Å². The Balaban J connectivity index is 2.61. The molecule has 21 heavy (non-hydrogen) atoms. The second-order valence-electron chi connectivity index (χ2n) is 4.49. The molecule has 0 aliphatic heterocycles. The van der Waals surface area contributed by atoms with Crippen LogP contribution >= 0.6 is 11.3 Å². The summed E-state index contributed by atoms with van der Waals surface area (Å²) in [5.74, 6) is -1.11. The molecule has 2 aromatic heterocycles. The highest BCUT2D eigenvalue weighted by Crippen LogP contribution is 2.26. The van der Waals surface area contributed by atoms with Gasteiger partial charge in [-0.1, -0.05) is 0 Å². The average molecular weight is 309 g/mol. The van der Waals surface area contributed by atoms with Crippen LogP contribution in [-0.2, 0) is 9.53 Å². The number of aryl methyl sites for hydroxylation is 1. The van der Waals surface area contributed by atoms with E-state index in [1.165, 1.54) is 10.9 Å². The maximum absolute atomic E-state index is 12.5. The second-order valence-corrected chi connectivity index (χ2v) is 5.48. The Morgan fingerprint density at radius 1 is 1.52 bits per heavy atom. The number of hydrogen-bond acceptors (Lipinski definition) is 6. The summed E-state index contributed by atoms with van der Waals surface area (Å²) >= 11 is 1.07. The van der Waals surface area contributed by atoms with Gasteiger partial charge in [0.2, 0.25) is 0 Å². The molecular weight excluding hydrogens is 294 g/mol. The molecule has 0 saturated heterocycles. The lowest BCUT2D eigenvalue weighted by Crippen LogP contribution is -2.29. The van der Waals surface area contributed by atoms with Crippen LogP contribution in [0.2, 0.25) is 0 Å². The third-order valence-electron chi connectivity index (χ3n) is 3.14. The fraction of sp³-hybridized carbons (Fsp3) is 0.385. The van der Waals surface area contributed by atoms with Crippen molar-refractivity contribution in [3.05, 3.63) is 27.1 Å². The van der Waals surface area contributed by atoms with E-state index >= 15 is 0 Å². The molecule has 7 nitrogen and oxygen atoms in total. The van der Waals surface area contributed by atoms with Crippen LogP contribution in [0.25, 0.3) is 10.2 Å². The zero-order valence-corrected chi connectivity index (χ0v) is 12.7. The number of fused-ring (bicyclic) bond motifs is 1. The topological polar surface area (TPSA) is 104 Å². The summed E-state index contributed by atoms with van der Waals surface area (Å²) in [7, 11) is 0. The van der Waals surface area contributed by atoms with Crippen LogP contribution in [0.15, 0.2) is 11.1 Å². The smallest absolute Gasteiger partial charge is 0.328 e. The molecular formula is C13H15N3O4S. The molecule has 0 bridgehead atoms. The van der Waals surface area contributed by atoms with Gasteiger partial charge in [-0.3, -0.25) is 14.2 Å². The molecule has 2 rings (SSSR count). The largest absolute Gasteiger partial charge is 0.464 e. The van der Waals surface area contributed by atoms with Gasteiger partial charge in [0.1, 0.15) is 10.9 Å². The number of rotatable bonds is 4. The zero-order chi connectivity index (χ0) is 15.7. The molecule has 0 spiro atoms. The monoisotopic (exact) mass is 309 g/mol. The Kier molecular flexibility index (Phi) is 4.08. The number of ether oxygens (including phenoxy) is 1. The van der Waals surface area contributed by atoms with Crippen LogP contribution in [0, 0.1) is 6.92 Å². The predicted octanol–water partition coefficient (Wildman–Crippen LogP) is 0.989. The van der Waals surface area contributed by atoms with Gasteiger partial charge in [-0.2, -0.15) is 0 Å². The number of nitrogens with two attached hydrogens (primary N) is 1. The summed E-state index contributed by atoms with van der Waals surface area (Å²) in [6.07, 6.45) is 1.28.